The van der Waals surface area contributed by atoms with Crippen molar-refractivity contribution in [1.82, 2.24) is 19.7 Å². The lowest BCUT2D eigenvalue weighted by Crippen LogP contribution is -2.14. The van der Waals surface area contributed by atoms with Crippen molar-refractivity contribution in [3.63, 3.8) is 0 Å². The zero-order chi connectivity index (χ0) is 21.6. The number of nitrogens with one attached hydrogen (secondary N) is 1. The summed E-state index contributed by atoms with van der Waals surface area (Å²) in [6.45, 7) is 3.93. The van der Waals surface area contributed by atoms with Crippen LogP contribution in [-0.4, -0.2) is 19.7 Å². The fraction of sp³-hybridized carbons (Fsp3) is 0.190. The number of halogens is 4. The van der Waals surface area contributed by atoms with E-state index in [9.17, 15) is 4.79 Å². The number of hydrogen-bond acceptors (Lipinski definition) is 3. The molecule has 2 aromatic carbocycles. The van der Waals surface area contributed by atoms with Crippen LogP contribution in [0.1, 0.15) is 36.8 Å². The van der Waals surface area contributed by atoms with Crippen LogP contribution in [0.25, 0.3) is 16.7 Å². The molecule has 4 rings (SSSR count). The Bertz CT molecular complexity index is 1290. The lowest BCUT2D eigenvalue weighted by atomic mass is 10.1. The van der Waals surface area contributed by atoms with Crippen molar-refractivity contribution in [2.75, 3.05) is 0 Å². The minimum Gasteiger partial charge on any atom is -0.310 e. The van der Waals surface area contributed by atoms with Gasteiger partial charge < -0.3 is 4.98 Å². The summed E-state index contributed by atoms with van der Waals surface area (Å²) in [6, 6.07) is 11.0. The smallest absolute Gasteiger partial charge is 0.262 e. The van der Waals surface area contributed by atoms with Gasteiger partial charge in [-0.3, -0.25) is 4.79 Å². The van der Waals surface area contributed by atoms with Crippen molar-refractivity contribution in [2.24, 2.45) is 0 Å². The van der Waals surface area contributed by atoms with Crippen molar-refractivity contribution in [2.45, 2.75) is 26.2 Å². The zero-order valence-corrected chi connectivity index (χ0v) is 19.9. The van der Waals surface area contributed by atoms with Gasteiger partial charge in [0.15, 0.2) is 5.65 Å². The van der Waals surface area contributed by atoms with E-state index in [1.165, 1.54) is 4.68 Å². The maximum atomic E-state index is 13.0. The van der Waals surface area contributed by atoms with Crippen LogP contribution >= 0.6 is 50.7 Å². The number of hydrogen-bond donors (Lipinski definition) is 1. The van der Waals surface area contributed by atoms with Gasteiger partial charge in [0, 0.05) is 15.9 Å². The van der Waals surface area contributed by atoms with Crippen LogP contribution in [-0.2, 0) is 6.42 Å². The van der Waals surface area contributed by atoms with Gasteiger partial charge in [-0.25, -0.2) is 9.67 Å². The second-order valence-corrected chi connectivity index (χ2v) is 9.35. The SMILES string of the molecule is CC(C)c1nn(-c2c(Cl)cc(Cl)cc2Cl)c2nc(Cc3ccc(Br)cc3)[nH]c(=O)c12. The molecule has 0 atom stereocenters. The average molecular weight is 527 g/mol. The Kier molecular flexibility index (Phi) is 5.95. The molecule has 154 valence electrons. The molecule has 0 spiro atoms. The van der Waals surface area contributed by atoms with Gasteiger partial charge in [-0.1, -0.05) is 76.7 Å². The van der Waals surface area contributed by atoms with Crippen LogP contribution in [0, 0.1) is 0 Å². The molecule has 0 aliphatic rings. The Hall–Kier alpha value is -1.86. The lowest BCUT2D eigenvalue weighted by molar-refractivity contribution is 0.776. The van der Waals surface area contributed by atoms with E-state index in [0.717, 1.165) is 10.0 Å². The van der Waals surface area contributed by atoms with E-state index in [1.807, 2.05) is 38.1 Å². The highest BCUT2D eigenvalue weighted by Crippen LogP contribution is 2.34. The molecule has 9 heteroatoms. The van der Waals surface area contributed by atoms with E-state index in [2.05, 4.69) is 26.0 Å². The molecule has 1 N–H and O–H groups in total. The van der Waals surface area contributed by atoms with Crippen molar-refractivity contribution >= 4 is 61.8 Å². The molecule has 0 aliphatic carbocycles. The molecule has 4 aromatic rings. The molecular weight excluding hydrogens is 511 g/mol. The van der Waals surface area contributed by atoms with Gasteiger partial charge in [-0.2, -0.15) is 5.10 Å². The van der Waals surface area contributed by atoms with Gasteiger partial charge in [-0.05, 0) is 35.7 Å². The lowest BCUT2D eigenvalue weighted by Gasteiger charge is -2.09. The summed E-state index contributed by atoms with van der Waals surface area (Å²) < 4.78 is 2.52. The molecule has 30 heavy (non-hydrogen) atoms. The minimum atomic E-state index is -0.247. The first-order valence-corrected chi connectivity index (χ1v) is 11.1. The number of fused-ring (bicyclic) bond motifs is 1. The molecule has 0 bridgehead atoms. The fourth-order valence-corrected chi connectivity index (χ4v) is 4.51. The third-order valence-electron chi connectivity index (χ3n) is 4.64. The largest absolute Gasteiger partial charge is 0.310 e. The zero-order valence-electron chi connectivity index (χ0n) is 16.0. The van der Waals surface area contributed by atoms with Crippen molar-refractivity contribution < 1.29 is 0 Å². The molecule has 2 heterocycles. The first kappa shape index (κ1) is 21.4. The average Bonchev–Trinajstić information content (AvgIpc) is 3.03. The van der Waals surface area contributed by atoms with Crippen molar-refractivity contribution in [3.8, 4) is 5.69 Å². The number of aromatic amines is 1. The van der Waals surface area contributed by atoms with Gasteiger partial charge in [-0.15, -0.1) is 0 Å². The molecule has 0 amide bonds. The van der Waals surface area contributed by atoms with E-state index in [1.54, 1.807) is 12.1 Å². The molecule has 5 nitrogen and oxygen atoms in total. The predicted octanol–water partition coefficient (Wildman–Crippen LogP) is 6.55. The van der Waals surface area contributed by atoms with E-state index < -0.39 is 0 Å². The normalized spacial score (nSPS) is 11.6. The maximum absolute atomic E-state index is 13.0. The van der Waals surface area contributed by atoms with Gasteiger partial charge >= 0.3 is 0 Å². The highest BCUT2D eigenvalue weighted by molar-refractivity contribution is 9.10. The first-order valence-electron chi connectivity index (χ1n) is 9.15. The van der Waals surface area contributed by atoms with Crippen LogP contribution < -0.4 is 5.56 Å². The Balaban J connectivity index is 1.96. The van der Waals surface area contributed by atoms with Gasteiger partial charge in [0.2, 0.25) is 0 Å². The van der Waals surface area contributed by atoms with E-state index >= 15 is 0 Å². The maximum Gasteiger partial charge on any atom is 0.262 e. The highest BCUT2D eigenvalue weighted by Gasteiger charge is 2.22. The highest BCUT2D eigenvalue weighted by atomic mass is 79.9. The van der Waals surface area contributed by atoms with Crippen LogP contribution in [0.15, 0.2) is 45.7 Å². The fourth-order valence-electron chi connectivity index (χ4n) is 3.27. The van der Waals surface area contributed by atoms with Crippen LogP contribution in [0.4, 0.5) is 0 Å². The molecule has 0 aliphatic heterocycles. The third kappa shape index (κ3) is 4.02. The van der Waals surface area contributed by atoms with Crippen LogP contribution in [0.2, 0.25) is 15.1 Å². The Morgan fingerprint density at radius 2 is 1.73 bits per heavy atom. The van der Waals surface area contributed by atoms with Crippen LogP contribution in [0.3, 0.4) is 0 Å². The van der Waals surface area contributed by atoms with Crippen molar-refractivity contribution in [1.29, 1.82) is 0 Å². The summed E-state index contributed by atoms with van der Waals surface area (Å²) in [7, 11) is 0. The second-order valence-electron chi connectivity index (χ2n) is 7.18. The van der Waals surface area contributed by atoms with Gasteiger partial charge in [0.05, 0.1) is 15.7 Å². The predicted molar refractivity (Wildman–Crippen MR) is 126 cm³/mol. The Morgan fingerprint density at radius 3 is 2.33 bits per heavy atom. The second kappa shape index (κ2) is 8.35. The quantitative estimate of drug-likeness (QED) is 0.328. The molecule has 0 radical (unpaired) electrons. The molecular formula is C21H16BrCl3N4O. The summed E-state index contributed by atoms with van der Waals surface area (Å²) in [5.74, 6) is 0.520. The molecule has 2 aromatic heterocycles. The minimum absolute atomic E-state index is 0.00109. The Labute approximate surface area is 196 Å². The first-order chi connectivity index (χ1) is 14.2. The third-order valence-corrected chi connectivity index (χ3v) is 5.96. The topological polar surface area (TPSA) is 63.6 Å². The van der Waals surface area contributed by atoms with E-state index in [0.29, 0.717) is 49.7 Å². The number of nitrogens with zero attached hydrogens (tertiary/aromatic N) is 3. The Morgan fingerprint density at radius 1 is 1.10 bits per heavy atom. The molecule has 0 saturated heterocycles. The summed E-state index contributed by atoms with van der Waals surface area (Å²) in [4.78, 5) is 20.6. The molecule has 0 saturated carbocycles. The van der Waals surface area contributed by atoms with E-state index in [4.69, 9.17) is 39.8 Å². The summed E-state index contributed by atoms with van der Waals surface area (Å²) >= 11 is 22.4. The summed E-state index contributed by atoms with van der Waals surface area (Å²) in [5, 5.41) is 6.13. The molecule has 0 fully saturated rings. The monoisotopic (exact) mass is 524 g/mol. The molecule has 0 unspecified atom stereocenters. The van der Waals surface area contributed by atoms with E-state index in [-0.39, 0.29) is 11.5 Å². The standard InChI is InChI=1S/C21H16BrCl3N4O/c1-10(2)18-17-20(29(28-18)19-14(24)8-13(23)9-15(19)25)26-16(27-21(17)30)7-11-3-5-12(22)6-4-11/h3-6,8-10H,7H2,1-2H3,(H,26,27,30). The summed E-state index contributed by atoms with van der Waals surface area (Å²) in [5.41, 5.74) is 2.23. The number of aromatic nitrogens is 4. The summed E-state index contributed by atoms with van der Waals surface area (Å²) in [6.07, 6.45) is 0.461. The van der Waals surface area contributed by atoms with Crippen LogP contribution in [0.5, 0.6) is 0 Å². The number of rotatable bonds is 4. The van der Waals surface area contributed by atoms with Crippen molar-refractivity contribution in [3.05, 3.63) is 83.4 Å². The number of H-pyrrole nitrogens is 1. The van der Waals surface area contributed by atoms with Gasteiger partial charge in [0.1, 0.15) is 16.9 Å². The van der Waals surface area contributed by atoms with Gasteiger partial charge in [0.25, 0.3) is 5.56 Å². The number of benzene rings is 2.